The van der Waals surface area contributed by atoms with Crippen molar-refractivity contribution >= 4 is 21.6 Å². The van der Waals surface area contributed by atoms with Crippen molar-refractivity contribution in [1.82, 2.24) is 4.72 Å². The fourth-order valence-corrected chi connectivity index (χ4v) is 4.14. The van der Waals surface area contributed by atoms with Gasteiger partial charge in [-0.25, -0.2) is 13.1 Å². The minimum atomic E-state index is -3.50. The van der Waals surface area contributed by atoms with Gasteiger partial charge < -0.3 is 9.47 Å². The number of benzene rings is 2. The molecule has 0 fully saturated rings. The van der Waals surface area contributed by atoms with E-state index in [1.165, 1.54) is 0 Å². The van der Waals surface area contributed by atoms with Crippen molar-refractivity contribution in [1.29, 1.82) is 0 Å². The summed E-state index contributed by atoms with van der Waals surface area (Å²) in [6.07, 6.45) is 0. The van der Waals surface area contributed by atoms with Gasteiger partial charge in [-0.3, -0.25) is 0 Å². The summed E-state index contributed by atoms with van der Waals surface area (Å²) in [5, 5.41) is 0.516. The van der Waals surface area contributed by atoms with Crippen LogP contribution in [0.5, 0.6) is 11.5 Å². The molecule has 0 aliphatic carbocycles. The number of rotatable bonds is 5. The summed E-state index contributed by atoms with van der Waals surface area (Å²) in [4.78, 5) is 0. The molecule has 0 bridgehead atoms. The van der Waals surface area contributed by atoms with Crippen molar-refractivity contribution in [2.24, 2.45) is 0 Å². The monoisotopic (exact) mass is 367 g/mol. The highest BCUT2D eigenvalue weighted by Gasteiger charge is 2.19. The molecule has 1 heterocycles. The second-order valence-electron chi connectivity index (χ2n) is 5.63. The molecule has 0 amide bonds. The van der Waals surface area contributed by atoms with Crippen LogP contribution in [0.1, 0.15) is 24.1 Å². The maximum Gasteiger partial charge on any atom is 0.216 e. The molecule has 2 aromatic rings. The summed E-state index contributed by atoms with van der Waals surface area (Å²) in [6.45, 7) is 2.81. The average molecular weight is 368 g/mol. The van der Waals surface area contributed by atoms with E-state index >= 15 is 0 Å². The lowest BCUT2D eigenvalue weighted by atomic mass is 10.1. The first-order chi connectivity index (χ1) is 11.4. The molecule has 0 saturated carbocycles. The van der Waals surface area contributed by atoms with E-state index in [9.17, 15) is 8.42 Å². The number of sulfonamides is 1. The summed E-state index contributed by atoms with van der Waals surface area (Å²) < 4.78 is 38.4. The summed E-state index contributed by atoms with van der Waals surface area (Å²) in [6, 6.07) is 11.9. The molecule has 1 N–H and O–H groups in total. The van der Waals surface area contributed by atoms with Gasteiger partial charge in [-0.15, -0.1) is 0 Å². The van der Waals surface area contributed by atoms with Gasteiger partial charge in [0, 0.05) is 11.1 Å². The van der Waals surface area contributed by atoms with Crippen LogP contribution in [-0.4, -0.2) is 21.6 Å². The summed E-state index contributed by atoms with van der Waals surface area (Å²) in [5.74, 6) is 1.20. The van der Waals surface area contributed by atoms with E-state index in [2.05, 4.69) is 4.72 Å². The van der Waals surface area contributed by atoms with Gasteiger partial charge in [0.1, 0.15) is 13.2 Å². The van der Waals surface area contributed by atoms with Gasteiger partial charge >= 0.3 is 0 Å². The highest BCUT2D eigenvalue weighted by atomic mass is 35.5. The Bertz CT molecular complexity index is 838. The van der Waals surface area contributed by atoms with Crippen LogP contribution in [0.3, 0.4) is 0 Å². The fraction of sp³-hybridized carbons (Fsp3) is 0.294. The van der Waals surface area contributed by atoms with E-state index < -0.39 is 10.0 Å². The smallest absolute Gasteiger partial charge is 0.216 e. The Labute approximate surface area is 146 Å². The molecule has 128 valence electrons. The van der Waals surface area contributed by atoms with E-state index in [4.69, 9.17) is 21.1 Å². The van der Waals surface area contributed by atoms with E-state index in [1.807, 2.05) is 6.07 Å². The van der Waals surface area contributed by atoms with E-state index in [0.717, 1.165) is 5.56 Å². The maximum absolute atomic E-state index is 12.4. The van der Waals surface area contributed by atoms with Gasteiger partial charge in [-0.1, -0.05) is 29.8 Å². The van der Waals surface area contributed by atoms with Crippen LogP contribution in [0.2, 0.25) is 5.02 Å². The molecular formula is C17H18ClNO4S. The number of nitrogens with one attached hydrogen (secondary N) is 1. The number of hydrogen-bond acceptors (Lipinski definition) is 4. The zero-order valence-electron chi connectivity index (χ0n) is 13.2. The quantitative estimate of drug-likeness (QED) is 0.880. The molecule has 1 atom stereocenters. The zero-order chi connectivity index (χ0) is 17.2. The first-order valence-corrected chi connectivity index (χ1v) is 9.60. The SMILES string of the molecule is C[C@@H](NS(=O)(=O)Cc1cccc(Cl)c1)c1ccc2c(c1)OCCO2. The van der Waals surface area contributed by atoms with Crippen molar-refractivity contribution in [3.8, 4) is 11.5 Å². The lowest BCUT2D eigenvalue weighted by Crippen LogP contribution is -2.28. The molecule has 2 aromatic carbocycles. The maximum atomic E-state index is 12.4. The van der Waals surface area contributed by atoms with Crippen LogP contribution >= 0.6 is 11.6 Å². The molecule has 0 saturated heterocycles. The largest absolute Gasteiger partial charge is 0.486 e. The second kappa shape index (κ2) is 7.01. The van der Waals surface area contributed by atoms with Crippen LogP contribution in [0.15, 0.2) is 42.5 Å². The predicted molar refractivity (Wildman–Crippen MR) is 93.1 cm³/mol. The average Bonchev–Trinajstić information content (AvgIpc) is 2.53. The lowest BCUT2D eigenvalue weighted by Gasteiger charge is -2.21. The lowest BCUT2D eigenvalue weighted by molar-refractivity contribution is 0.171. The summed E-state index contributed by atoms with van der Waals surface area (Å²) in [7, 11) is -3.50. The van der Waals surface area contributed by atoms with Gasteiger partial charge in [0.05, 0.1) is 5.75 Å². The zero-order valence-corrected chi connectivity index (χ0v) is 14.7. The van der Waals surface area contributed by atoms with Crippen molar-refractivity contribution in [2.75, 3.05) is 13.2 Å². The van der Waals surface area contributed by atoms with Crippen LogP contribution in [0.4, 0.5) is 0 Å². The van der Waals surface area contributed by atoms with Crippen LogP contribution < -0.4 is 14.2 Å². The van der Waals surface area contributed by atoms with Crippen molar-refractivity contribution in [3.63, 3.8) is 0 Å². The molecule has 1 aliphatic rings. The minimum Gasteiger partial charge on any atom is -0.486 e. The molecule has 0 unspecified atom stereocenters. The standard InChI is InChI=1S/C17H18ClNO4S/c1-12(14-5-6-16-17(10-14)23-8-7-22-16)19-24(20,21)11-13-3-2-4-15(18)9-13/h2-6,9-10,12,19H,7-8,11H2,1H3/t12-/m1/s1. The number of hydrogen-bond donors (Lipinski definition) is 1. The Morgan fingerprint density at radius 1 is 1.12 bits per heavy atom. The molecule has 0 spiro atoms. The number of fused-ring (bicyclic) bond motifs is 1. The third-order valence-corrected chi connectivity index (χ3v) is 5.33. The third-order valence-electron chi connectivity index (χ3n) is 3.67. The van der Waals surface area contributed by atoms with E-state index in [-0.39, 0.29) is 11.8 Å². The van der Waals surface area contributed by atoms with Gasteiger partial charge in [-0.2, -0.15) is 0 Å². The molecule has 0 aromatic heterocycles. The predicted octanol–water partition coefficient (Wildman–Crippen LogP) is 3.29. The summed E-state index contributed by atoms with van der Waals surface area (Å²) >= 11 is 5.90. The Kier molecular flexibility index (Phi) is 4.99. The first kappa shape index (κ1) is 17.1. The Balaban J connectivity index is 1.72. The molecule has 3 rings (SSSR count). The fourth-order valence-electron chi connectivity index (χ4n) is 2.55. The van der Waals surface area contributed by atoms with Gasteiger partial charge in [0.2, 0.25) is 10.0 Å². The molecule has 24 heavy (non-hydrogen) atoms. The van der Waals surface area contributed by atoms with Gasteiger partial charge in [0.15, 0.2) is 11.5 Å². The molecular weight excluding hydrogens is 350 g/mol. The highest BCUT2D eigenvalue weighted by molar-refractivity contribution is 7.88. The minimum absolute atomic E-state index is 0.123. The number of ether oxygens (including phenoxy) is 2. The second-order valence-corrected chi connectivity index (χ2v) is 7.82. The van der Waals surface area contributed by atoms with E-state index in [1.54, 1.807) is 43.3 Å². The van der Waals surface area contributed by atoms with Crippen molar-refractivity contribution in [3.05, 3.63) is 58.6 Å². The normalized spacial score (nSPS) is 15.1. The molecule has 7 heteroatoms. The van der Waals surface area contributed by atoms with E-state index in [0.29, 0.717) is 35.3 Å². The molecule has 5 nitrogen and oxygen atoms in total. The van der Waals surface area contributed by atoms with Crippen LogP contribution in [0.25, 0.3) is 0 Å². The highest BCUT2D eigenvalue weighted by Crippen LogP contribution is 2.32. The van der Waals surface area contributed by atoms with Crippen LogP contribution in [-0.2, 0) is 15.8 Å². The van der Waals surface area contributed by atoms with Crippen LogP contribution in [0, 0.1) is 0 Å². The Morgan fingerprint density at radius 3 is 2.62 bits per heavy atom. The first-order valence-electron chi connectivity index (χ1n) is 7.57. The Morgan fingerprint density at radius 2 is 1.88 bits per heavy atom. The molecule has 1 aliphatic heterocycles. The third kappa shape index (κ3) is 4.20. The topological polar surface area (TPSA) is 64.6 Å². The van der Waals surface area contributed by atoms with Gasteiger partial charge in [-0.05, 0) is 42.3 Å². The van der Waals surface area contributed by atoms with Crippen molar-refractivity contribution in [2.45, 2.75) is 18.7 Å². The summed E-state index contributed by atoms with van der Waals surface area (Å²) in [5.41, 5.74) is 1.46. The van der Waals surface area contributed by atoms with Crippen molar-refractivity contribution < 1.29 is 17.9 Å². The Hall–Kier alpha value is -1.76. The molecule has 0 radical (unpaired) electrons. The number of halogens is 1. The van der Waals surface area contributed by atoms with Gasteiger partial charge in [0.25, 0.3) is 0 Å².